The third-order valence-electron chi connectivity index (χ3n) is 8.40. The van der Waals surface area contributed by atoms with Crippen molar-refractivity contribution >= 4 is 28.9 Å². The summed E-state index contributed by atoms with van der Waals surface area (Å²) in [5, 5.41) is 11.2. The molecule has 0 saturated heterocycles. The molecule has 2 aliphatic carbocycles. The number of fused-ring (bicyclic) bond motifs is 1. The Morgan fingerprint density at radius 3 is 2.59 bits per heavy atom. The molecule has 2 amide bonds. The maximum atomic E-state index is 13.6. The molecule has 9 heteroatoms. The number of carboxylic acid groups (broad SMARTS) is 1. The van der Waals surface area contributed by atoms with Crippen LogP contribution in [0.1, 0.15) is 62.1 Å². The summed E-state index contributed by atoms with van der Waals surface area (Å²) in [5.74, 6) is 5.31. The average Bonchev–Trinajstić information content (AvgIpc) is 3.22. The lowest BCUT2D eigenvalue weighted by molar-refractivity contribution is -0.137. The number of allylic oxidation sites excluding steroid dienone is 6. The number of amides is 2. The lowest BCUT2D eigenvalue weighted by Crippen LogP contribution is -2.44. The van der Waals surface area contributed by atoms with Gasteiger partial charge in [-0.3, -0.25) is 4.90 Å². The van der Waals surface area contributed by atoms with Crippen molar-refractivity contribution in [3.05, 3.63) is 83.0 Å². The number of aryl methyl sites for hydroxylation is 1. The van der Waals surface area contributed by atoms with Crippen molar-refractivity contribution in [2.45, 2.75) is 64.7 Å². The molecule has 1 fully saturated rings. The SMILES string of the molecule is Cc1ccc(C(F)(F)F)c(NC(=O)N2CC(C)Oc3cc(C4=CC=C(C5CCC(CC#CC(=O)O)CC5)CC=C4)ccc32)c1. The topological polar surface area (TPSA) is 78.9 Å². The third kappa shape index (κ3) is 7.36. The van der Waals surface area contributed by atoms with E-state index in [0.29, 0.717) is 35.3 Å². The number of carboxylic acids is 1. The Hall–Kier alpha value is -4.45. The zero-order valence-electron chi connectivity index (χ0n) is 24.7. The second kappa shape index (κ2) is 13.0. The van der Waals surface area contributed by atoms with Gasteiger partial charge < -0.3 is 15.2 Å². The summed E-state index contributed by atoms with van der Waals surface area (Å²) >= 11 is 0. The number of urea groups is 1. The molecule has 2 aromatic rings. The summed E-state index contributed by atoms with van der Waals surface area (Å²) in [6, 6.07) is 8.55. The molecule has 5 rings (SSSR count). The fraction of sp³-hybridized carbons (Fsp3) is 0.371. The van der Waals surface area contributed by atoms with Gasteiger partial charge in [-0.2, -0.15) is 13.2 Å². The first-order valence-electron chi connectivity index (χ1n) is 14.8. The number of benzene rings is 2. The number of rotatable bonds is 4. The standard InChI is InChI=1S/C35H35F3N2O4/c1-22-9-17-29(35(36,37)38)30(19-22)39-34(43)40-21-23(2)44-32-20-28(16-18-31(32)40)26-7-4-6-25(14-15-26)27-12-10-24(11-13-27)5-3-8-33(41)42/h4,7,9,14-20,23-24,27H,5-6,10-13,21H2,1-2H3,(H,39,43)(H,41,42). The van der Waals surface area contributed by atoms with Crippen molar-refractivity contribution in [2.75, 3.05) is 16.8 Å². The molecule has 3 aliphatic rings. The van der Waals surface area contributed by atoms with Gasteiger partial charge in [0, 0.05) is 12.3 Å². The van der Waals surface area contributed by atoms with Gasteiger partial charge in [0.2, 0.25) is 0 Å². The van der Waals surface area contributed by atoms with Crippen LogP contribution in [-0.2, 0) is 11.0 Å². The number of hydrogen-bond acceptors (Lipinski definition) is 3. The van der Waals surface area contributed by atoms with Gasteiger partial charge in [0.15, 0.2) is 0 Å². The van der Waals surface area contributed by atoms with Crippen LogP contribution in [0, 0.1) is 30.6 Å². The number of aliphatic carboxylic acids is 1. The molecule has 1 aliphatic heterocycles. The van der Waals surface area contributed by atoms with Gasteiger partial charge in [-0.05, 0) is 98.8 Å². The number of nitrogens with one attached hydrogen (secondary N) is 1. The number of carbonyl (C=O) groups excluding carboxylic acids is 1. The summed E-state index contributed by atoms with van der Waals surface area (Å²) in [5.41, 5.74) is 3.18. The largest absolute Gasteiger partial charge is 0.487 e. The minimum Gasteiger partial charge on any atom is -0.487 e. The maximum absolute atomic E-state index is 13.6. The van der Waals surface area contributed by atoms with E-state index in [9.17, 15) is 22.8 Å². The number of hydrogen-bond donors (Lipinski definition) is 2. The number of carbonyl (C=O) groups is 2. The number of alkyl halides is 3. The number of nitrogens with zero attached hydrogens (tertiary/aromatic N) is 1. The summed E-state index contributed by atoms with van der Waals surface area (Å²) in [7, 11) is 0. The summed E-state index contributed by atoms with van der Waals surface area (Å²) in [6.45, 7) is 3.68. The Balaban J connectivity index is 1.31. The van der Waals surface area contributed by atoms with Gasteiger partial charge in [0.05, 0.1) is 23.5 Å². The molecule has 0 bridgehead atoms. The highest BCUT2D eigenvalue weighted by atomic mass is 19.4. The Morgan fingerprint density at radius 1 is 1.09 bits per heavy atom. The van der Waals surface area contributed by atoms with Gasteiger partial charge in [0.1, 0.15) is 11.9 Å². The van der Waals surface area contributed by atoms with Crippen LogP contribution in [0.2, 0.25) is 0 Å². The molecular weight excluding hydrogens is 569 g/mol. The molecule has 6 nitrogen and oxygen atoms in total. The molecular formula is C35H35F3N2O4. The molecule has 1 saturated carbocycles. The van der Waals surface area contributed by atoms with Crippen molar-refractivity contribution in [1.29, 1.82) is 0 Å². The van der Waals surface area contributed by atoms with Crippen LogP contribution < -0.4 is 15.0 Å². The summed E-state index contributed by atoms with van der Waals surface area (Å²) in [4.78, 5) is 25.4. The minimum atomic E-state index is -4.60. The predicted molar refractivity (Wildman–Crippen MR) is 164 cm³/mol. The van der Waals surface area contributed by atoms with Crippen molar-refractivity contribution < 1.29 is 32.6 Å². The van der Waals surface area contributed by atoms with Crippen molar-refractivity contribution in [3.63, 3.8) is 0 Å². The quantitative estimate of drug-likeness (QED) is 0.344. The first kappa shape index (κ1) is 31.0. The number of ether oxygens (including phenoxy) is 1. The maximum Gasteiger partial charge on any atom is 0.418 e. The fourth-order valence-electron chi connectivity index (χ4n) is 6.15. The van der Waals surface area contributed by atoms with Gasteiger partial charge in [0.25, 0.3) is 0 Å². The zero-order valence-corrected chi connectivity index (χ0v) is 24.7. The molecule has 1 heterocycles. The van der Waals surface area contributed by atoms with Crippen LogP contribution >= 0.6 is 0 Å². The molecule has 0 radical (unpaired) electrons. The second-order valence-electron chi connectivity index (χ2n) is 11.7. The first-order valence-corrected chi connectivity index (χ1v) is 14.8. The third-order valence-corrected chi connectivity index (χ3v) is 8.40. The molecule has 1 unspecified atom stereocenters. The fourth-order valence-corrected chi connectivity index (χ4v) is 6.15. The molecule has 2 aromatic carbocycles. The minimum absolute atomic E-state index is 0.189. The van der Waals surface area contributed by atoms with E-state index in [-0.39, 0.29) is 18.3 Å². The molecule has 0 aromatic heterocycles. The van der Waals surface area contributed by atoms with E-state index in [1.807, 2.05) is 19.1 Å². The lowest BCUT2D eigenvalue weighted by atomic mass is 9.76. The molecule has 44 heavy (non-hydrogen) atoms. The van der Waals surface area contributed by atoms with Gasteiger partial charge in [-0.15, -0.1) is 0 Å². The van der Waals surface area contributed by atoms with Crippen LogP contribution in [0.3, 0.4) is 0 Å². The van der Waals surface area contributed by atoms with Crippen LogP contribution in [0.4, 0.5) is 29.3 Å². The normalized spacial score (nSPS) is 21.5. The predicted octanol–water partition coefficient (Wildman–Crippen LogP) is 8.39. The van der Waals surface area contributed by atoms with Crippen molar-refractivity contribution in [1.82, 2.24) is 0 Å². The van der Waals surface area contributed by atoms with E-state index in [0.717, 1.165) is 49.3 Å². The van der Waals surface area contributed by atoms with E-state index in [1.165, 1.54) is 22.6 Å². The van der Waals surface area contributed by atoms with E-state index < -0.39 is 23.7 Å². The highest BCUT2D eigenvalue weighted by molar-refractivity contribution is 6.03. The summed E-state index contributed by atoms with van der Waals surface area (Å²) in [6.07, 6.45) is 9.18. The van der Waals surface area contributed by atoms with Gasteiger partial charge in [-0.1, -0.05) is 47.9 Å². The Kier molecular flexibility index (Phi) is 9.19. The van der Waals surface area contributed by atoms with Crippen molar-refractivity contribution in [3.8, 4) is 17.6 Å². The van der Waals surface area contributed by atoms with Crippen LogP contribution in [0.5, 0.6) is 5.75 Å². The summed E-state index contributed by atoms with van der Waals surface area (Å²) < 4.78 is 46.9. The average molecular weight is 605 g/mol. The van der Waals surface area contributed by atoms with Crippen LogP contribution in [0.15, 0.2) is 66.3 Å². The van der Waals surface area contributed by atoms with E-state index in [4.69, 9.17) is 9.84 Å². The lowest BCUT2D eigenvalue weighted by Gasteiger charge is -2.34. The molecule has 0 spiro atoms. The van der Waals surface area contributed by atoms with E-state index in [2.05, 4.69) is 41.5 Å². The molecule has 2 N–H and O–H groups in total. The zero-order chi connectivity index (χ0) is 31.4. The highest BCUT2D eigenvalue weighted by Gasteiger charge is 2.35. The van der Waals surface area contributed by atoms with Crippen LogP contribution in [0.25, 0.3) is 5.57 Å². The van der Waals surface area contributed by atoms with E-state index in [1.54, 1.807) is 13.0 Å². The van der Waals surface area contributed by atoms with Crippen molar-refractivity contribution in [2.24, 2.45) is 11.8 Å². The molecule has 230 valence electrons. The smallest absolute Gasteiger partial charge is 0.418 e. The van der Waals surface area contributed by atoms with Gasteiger partial charge >= 0.3 is 18.2 Å². The molecule has 1 atom stereocenters. The second-order valence-corrected chi connectivity index (χ2v) is 11.7. The Labute approximate surface area is 255 Å². The highest BCUT2D eigenvalue weighted by Crippen LogP contribution is 2.40. The van der Waals surface area contributed by atoms with Crippen LogP contribution in [-0.4, -0.2) is 29.8 Å². The monoisotopic (exact) mass is 604 g/mol. The first-order chi connectivity index (χ1) is 21.0. The Bertz CT molecular complexity index is 1590. The number of halogens is 3. The van der Waals surface area contributed by atoms with E-state index >= 15 is 0 Å². The Morgan fingerprint density at radius 2 is 1.86 bits per heavy atom. The van der Waals surface area contributed by atoms with Gasteiger partial charge in [-0.25, -0.2) is 9.59 Å². The number of anilines is 2.